The van der Waals surface area contributed by atoms with Gasteiger partial charge in [-0.3, -0.25) is 18.7 Å². The number of fused-ring (bicyclic) bond motifs is 1. The lowest BCUT2D eigenvalue weighted by Gasteiger charge is -2.20. The Balaban J connectivity index is 1.50. The predicted molar refractivity (Wildman–Crippen MR) is 143 cm³/mol. The van der Waals surface area contributed by atoms with Gasteiger partial charge in [0.15, 0.2) is 5.82 Å². The monoisotopic (exact) mass is 538 g/mol. The summed E-state index contributed by atoms with van der Waals surface area (Å²) < 4.78 is 12.8. The third-order valence-electron chi connectivity index (χ3n) is 5.57. The minimum Gasteiger partial charge on any atom is -0.481 e. The van der Waals surface area contributed by atoms with E-state index < -0.39 is 22.5 Å². The van der Waals surface area contributed by atoms with Gasteiger partial charge in [-0.05, 0) is 36.2 Å². The Morgan fingerprint density at radius 3 is 2.61 bits per heavy atom. The third kappa shape index (κ3) is 5.94. The number of benzene rings is 1. The van der Waals surface area contributed by atoms with Crippen molar-refractivity contribution in [1.82, 2.24) is 19.4 Å². The minimum atomic E-state index is -0.857. The molecule has 2 aromatic heterocycles. The molecule has 38 heavy (non-hydrogen) atoms. The van der Waals surface area contributed by atoms with Crippen molar-refractivity contribution in [3.8, 4) is 5.88 Å². The average Bonchev–Trinajstić information content (AvgIpc) is 2.93. The van der Waals surface area contributed by atoms with E-state index in [9.17, 15) is 19.2 Å². The first-order valence-corrected chi connectivity index (χ1v) is 12.5. The molecule has 1 unspecified atom stereocenters. The van der Waals surface area contributed by atoms with Gasteiger partial charge < -0.3 is 20.1 Å². The average molecular weight is 539 g/mol. The summed E-state index contributed by atoms with van der Waals surface area (Å²) in [6.45, 7) is 2.31. The summed E-state index contributed by atoms with van der Waals surface area (Å²) in [6, 6.07) is 9.82. The minimum absolute atomic E-state index is 0.00205. The molecule has 0 saturated carbocycles. The smallest absolute Gasteiger partial charge is 0.332 e. The molecule has 1 aliphatic rings. The molecule has 0 aliphatic carbocycles. The van der Waals surface area contributed by atoms with Crippen molar-refractivity contribution >= 4 is 41.5 Å². The molecule has 4 rings (SSSR count). The topological polar surface area (TPSA) is 146 Å². The molecule has 0 bridgehead atoms. The van der Waals surface area contributed by atoms with Gasteiger partial charge in [0.25, 0.3) is 5.56 Å². The maximum absolute atomic E-state index is 13.3. The molecule has 12 nitrogen and oxygen atoms in total. The number of urea groups is 1. The molecular formula is C25H26N6O6S. The number of nitrogens with one attached hydrogen (secondary N) is 2. The Bertz CT molecular complexity index is 1500. The number of methoxy groups -OCH3 is 1. The zero-order valence-electron chi connectivity index (χ0n) is 21.0. The van der Waals surface area contributed by atoms with Gasteiger partial charge in [0.05, 0.1) is 13.7 Å². The number of aliphatic imine (C=N–C) groups is 1. The molecule has 1 atom stereocenters. The zero-order valence-corrected chi connectivity index (χ0v) is 21.8. The highest BCUT2D eigenvalue weighted by atomic mass is 32.2. The summed E-state index contributed by atoms with van der Waals surface area (Å²) in [4.78, 5) is 59.1. The summed E-state index contributed by atoms with van der Waals surface area (Å²) in [6.07, 6.45) is 2.91. The molecule has 0 radical (unpaired) electrons. The van der Waals surface area contributed by atoms with Gasteiger partial charge >= 0.3 is 17.7 Å². The number of amides is 2. The number of nitrogens with zero attached hydrogens (tertiary/aromatic N) is 4. The van der Waals surface area contributed by atoms with E-state index in [1.165, 1.54) is 24.9 Å². The van der Waals surface area contributed by atoms with Gasteiger partial charge in [-0.25, -0.2) is 19.6 Å². The van der Waals surface area contributed by atoms with Crippen LogP contribution in [0, 0.1) is 0 Å². The van der Waals surface area contributed by atoms with Crippen LogP contribution in [-0.2, 0) is 29.7 Å². The van der Waals surface area contributed by atoms with Crippen molar-refractivity contribution < 1.29 is 19.1 Å². The molecule has 1 aromatic carbocycles. The zero-order chi connectivity index (χ0) is 27.2. The van der Waals surface area contributed by atoms with Crippen molar-refractivity contribution in [1.29, 1.82) is 0 Å². The first-order chi connectivity index (χ1) is 18.3. The highest BCUT2D eigenvalue weighted by Crippen LogP contribution is 2.32. The Hall–Kier alpha value is -4.39. The number of hydrogen-bond donors (Lipinski definition) is 2. The first kappa shape index (κ1) is 26.7. The van der Waals surface area contributed by atoms with Crippen LogP contribution in [0.25, 0.3) is 0 Å². The van der Waals surface area contributed by atoms with Crippen LogP contribution in [0.4, 0.5) is 16.3 Å². The van der Waals surface area contributed by atoms with Gasteiger partial charge in [0.1, 0.15) is 16.8 Å². The van der Waals surface area contributed by atoms with Crippen LogP contribution in [0.3, 0.4) is 0 Å². The molecule has 0 spiro atoms. The number of thioether (sulfide) groups is 1. The van der Waals surface area contributed by atoms with E-state index in [2.05, 4.69) is 20.6 Å². The van der Waals surface area contributed by atoms with Gasteiger partial charge in [0.2, 0.25) is 5.88 Å². The maximum Gasteiger partial charge on any atom is 0.332 e. The number of rotatable bonds is 8. The molecule has 13 heteroatoms. The molecule has 2 amide bonds. The standard InChI is InChI=1S/C25H26N6O6S/c1-4-26-24(34)29-17-7-5-15(6-8-17)13-31-22(32)20-21(30(2)25(31)35)28-12-18(38-20)23(33)37-14-16-9-10-27-19(11-16)36-3/h5-12,18H,4,13-14H2,1-3H3,(H2,26,29,34). The number of carbonyl (C=O) groups is 2. The number of esters is 1. The summed E-state index contributed by atoms with van der Waals surface area (Å²) >= 11 is 0.988. The molecular weight excluding hydrogens is 512 g/mol. The van der Waals surface area contributed by atoms with Gasteiger partial charge in [-0.15, -0.1) is 0 Å². The van der Waals surface area contributed by atoms with Crippen molar-refractivity contribution in [2.24, 2.45) is 12.0 Å². The van der Waals surface area contributed by atoms with Crippen LogP contribution < -0.4 is 26.6 Å². The van der Waals surface area contributed by atoms with Gasteiger partial charge in [-0.1, -0.05) is 23.9 Å². The number of anilines is 1. The number of carbonyl (C=O) groups excluding carboxylic acids is 2. The van der Waals surface area contributed by atoms with E-state index in [0.717, 1.165) is 16.3 Å². The summed E-state index contributed by atoms with van der Waals surface area (Å²) in [5.41, 5.74) is 0.857. The molecule has 198 valence electrons. The van der Waals surface area contributed by atoms with Crippen LogP contribution >= 0.6 is 11.8 Å². The predicted octanol–water partition coefficient (Wildman–Crippen LogP) is 2.06. The van der Waals surface area contributed by atoms with Crippen LogP contribution in [-0.4, -0.2) is 51.2 Å². The fourth-order valence-electron chi connectivity index (χ4n) is 3.62. The van der Waals surface area contributed by atoms with Crippen LogP contribution in [0.2, 0.25) is 0 Å². The highest BCUT2D eigenvalue weighted by molar-refractivity contribution is 8.01. The molecule has 3 heterocycles. The van der Waals surface area contributed by atoms with Crippen molar-refractivity contribution in [2.45, 2.75) is 30.2 Å². The summed E-state index contributed by atoms with van der Waals surface area (Å²) in [7, 11) is 3.01. The lowest BCUT2D eigenvalue weighted by atomic mass is 10.2. The summed E-state index contributed by atoms with van der Waals surface area (Å²) in [5, 5.41) is 4.47. The number of hydrogen-bond acceptors (Lipinski definition) is 9. The second-order valence-corrected chi connectivity index (χ2v) is 9.35. The lowest BCUT2D eigenvalue weighted by molar-refractivity contribution is -0.142. The Morgan fingerprint density at radius 1 is 1.13 bits per heavy atom. The van der Waals surface area contributed by atoms with E-state index in [-0.39, 0.29) is 29.9 Å². The first-order valence-electron chi connectivity index (χ1n) is 11.6. The number of pyridine rings is 1. The molecule has 0 saturated heterocycles. The van der Waals surface area contributed by atoms with E-state index in [1.54, 1.807) is 42.6 Å². The fourth-order valence-corrected chi connectivity index (χ4v) is 4.67. The number of ether oxygens (including phenoxy) is 2. The Morgan fingerprint density at radius 2 is 1.89 bits per heavy atom. The Labute approximate surface area is 221 Å². The van der Waals surface area contributed by atoms with Crippen molar-refractivity contribution in [3.05, 3.63) is 74.6 Å². The van der Waals surface area contributed by atoms with E-state index in [4.69, 9.17) is 9.47 Å². The molecule has 0 fully saturated rings. The normalized spacial score (nSPS) is 13.9. The van der Waals surface area contributed by atoms with Crippen molar-refractivity contribution in [3.63, 3.8) is 0 Å². The van der Waals surface area contributed by atoms with Crippen molar-refractivity contribution in [2.75, 3.05) is 19.0 Å². The maximum atomic E-state index is 13.3. The third-order valence-corrected chi connectivity index (χ3v) is 6.73. The second kappa shape index (κ2) is 11.8. The summed E-state index contributed by atoms with van der Waals surface area (Å²) in [5.74, 6) is 0.0104. The van der Waals surface area contributed by atoms with Gasteiger partial charge in [0, 0.05) is 37.8 Å². The molecule has 3 aromatic rings. The number of aromatic nitrogens is 3. The van der Waals surface area contributed by atoms with E-state index in [1.807, 2.05) is 6.92 Å². The Kier molecular flexibility index (Phi) is 8.26. The molecule has 2 N–H and O–H groups in total. The van der Waals surface area contributed by atoms with Crippen LogP contribution in [0.15, 0.2) is 62.1 Å². The van der Waals surface area contributed by atoms with E-state index in [0.29, 0.717) is 29.2 Å². The fraction of sp³-hybridized carbons (Fsp3) is 0.280. The largest absolute Gasteiger partial charge is 0.481 e. The quantitative estimate of drug-likeness (QED) is 0.415. The van der Waals surface area contributed by atoms with E-state index >= 15 is 0 Å². The molecule has 1 aliphatic heterocycles. The SMILES string of the molecule is CCNC(=O)Nc1ccc(Cn2c(=O)c3c(n(C)c2=O)N=CC(C(=O)OCc2ccnc(OC)c2)S3)cc1. The van der Waals surface area contributed by atoms with Crippen LogP contribution in [0.1, 0.15) is 18.1 Å². The highest BCUT2D eigenvalue weighted by Gasteiger charge is 2.29. The van der Waals surface area contributed by atoms with Gasteiger partial charge in [-0.2, -0.15) is 0 Å². The lowest BCUT2D eigenvalue weighted by Crippen LogP contribution is -2.41. The second-order valence-electron chi connectivity index (χ2n) is 8.20. The van der Waals surface area contributed by atoms with Crippen LogP contribution in [0.5, 0.6) is 5.88 Å².